The van der Waals surface area contributed by atoms with Crippen LogP contribution in [-0.4, -0.2) is 4.98 Å². The maximum atomic E-state index is 12.3. The monoisotopic (exact) mass is 278 g/mol. The van der Waals surface area contributed by atoms with E-state index in [0.29, 0.717) is 16.0 Å². The number of aromatic nitrogens is 1. The van der Waals surface area contributed by atoms with Crippen LogP contribution in [0.5, 0.6) is 0 Å². The van der Waals surface area contributed by atoms with Gasteiger partial charge in [-0.3, -0.25) is 0 Å². The third-order valence-corrected chi connectivity index (χ3v) is 3.02. The Labute approximate surface area is 104 Å². The van der Waals surface area contributed by atoms with E-state index in [1.54, 1.807) is 5.38 Å². The molecule has 0 saturated heterocycles. The largest absolute Gasteiger partial charge is 0.416 e. The lowest BCUT2D eigenvalue weighted by Gasteiger charge is -2.07. The summed E-state index contributed by atoms with van der Waals surface area (Å²) in [7, 11) is 0. The number of nitrogens with one attached hydrogen (secondary N) is 1. The normalized spacial score (nSPS) is 11.5. The molecule has 1 heterocycles. The molecule has 0 amide bonds. The summed E-state index contributed by atoms with van der Waals surface area (Å²) in [5.41, 5.74) is -0.149. The Kier molecular flexibility index (Phi) is 3.26. The predicted octanol–water partition coefficient (Wildman–Crippen LogP) is 4.56. The average molecular weight is 279 g/mol. The van der Waals surface area contributed by atoms with Crippen LogP contribution in [0.1, 0.15) is 5.56 Å². The van der Waals surface area contributed by atoms with Crippen LogP contribution in [0.3, 0.4) is 0 Å². The van der Waals surface area contributed by atoms with Gasteiger partial charge in [0, 0.05) is 11.1 Å². The maximum absolute atomic E-state index is 12.3. The van der Waals surface area contributed by atoms with Crippen molar-refractivity contribution in [3.05, 3.63) is 40.4 Å². The Morgan fingerprint density at radius 3 is 2.29 bits per heavy atom. The lowest BCUT2D eigenvalue weighted by molar-refractivity contribution is -0.137. The van der Waals surface area contributed by atoms with Gasteiger partial charge in [0.1, 0.15) is 5.15 Å². The van der Waals surface area contributed by atoms with Crippen LogP contribution in [0, 0.1) is 0 Å². The molecule has 1 N–H and O–H groups in total. The van der Waals surface area contributed by atoms with Gasteiger partial charge >= 0.3 is 6.18 Å². The van der Waals surface area contributed by atoms with E-state index in [2.05, 4.69) is 10.3 Å². The topological polar surface area (TPSA) is 24.9 Å². The van der Waals surface area contributed by atoms with Crippen molar-refractivity contribution in [2.45, 2.75) is 6.18 Å². The summed E-state index contributed by atoms with van der Waals surface area (Å²) < 4.78 is 36.9. The minimum atomic E-state index is -4.32. The van der Waals surface area contributed by atoms with E-state index >= 15 is 0 Å². The number of hydrogen-bond acceptors (Lipinski definition) is 3. The van der Waals surface area contributed by atoms with Crippen LogP contribution in [-0.2, 0) is 6.18 Å². The fourth-order valence-electron chi connectivity index (χ4n) is 1.18. The summed E-state index contributed by atoms with van der Waals surface area (Å²) in [5, 5.41) is 5.38. The van der Waals surface area contributed by atoms with Gasteiger partial charge in [0.05, 0.1) is 5.56 Å². The quantitative estimate of drug-likeness (QED) is 0.871. The molecule has 2 rings (SSSR count). The van der Waals surface area contributed by atoms with Gasteiger partial charge in [-0.1, -0.05) is 11.6 Å². The van der Waals surface area contributed by atoms with Gasteiger partial charge in [0.25, 0.3) is 0 Å². The molecule has 2 nitrogen and oxygen atoms in total. The number of anilines is 2. The summed E-state index contributed by atoms with van der Waals surface area (Å²) in [4.78, 5) is 3.93. The highest BCUT2D eigenvalue weighted by Crippen LogP contribution is 2.30. The Morgan fingerprint density at radius 2 is 1.82 bits per heavy atom. The minimum absolute atomic E-state index is 0.351. The SMILES string of the molecule is FC(F)(F)c1ccc(Nc2nc(Cl)cs2)cc1. The summed E-state index contributed by atoms with van der Waals surface area (Å²) in [6, 6.07) is 4.71. The zero-order valence-corrected chi connectivity index (χ0v) is 9.83. The van der Waals surface area contributed by atoms with Crippen LogP contribution >= 0.6 is 22.9 Å². The van der Waals surface area contributed by atoms with Gasteiger partial charge in [-0.05, 0) is 24.3 Å². The van der Waals surface area contributed by atoms with Gasteiger partial charge in [-0.25, -0.2) is 4.98 Å². The summed E-state index contributed by atoms with van der Waals surface area (Å²) in [5.74, 6) is 0. The molecular weight excluding hydrogens is 273 g/mol. The molecule has 0 atom stereocenters. The zero-order valence-electron chi connectivity index (χ0n) is 8.25. The molecule has 0 spiro atoms. The lowest BCUT2D eigenvalue weighted by atomic mass is 10.2. The van der Waals surface area contributed by atoms with Crippen LogP contribution in [0.2, 0.25) is 5.15 Å². The molecule has 90 valence electrons. The first-order valence-electron chi connectivity index (χ1n) is 4.50. The molecule has 0 unspecified atom stereocenters. The van der Waals surface area contributed by atoms with Crippen LogP contribution in [0.15, 0.2) is 29.6 Å². The zero-order chi connectivity index (χ0) is 12.5. The third-order valence-electron chi connectivity index (χ3n) is 1.94. The van der Waals surface area contributed by atoms with Crippen molar-refractivity contribution in [2.75, 3.05) is 5.32 Å². The highest BCUT2D eigenvalue weighted by Gasteiger charge is 2.29. The number of halogens is 4. The van der Waals surface area contributed by atoms with Crippen molar-refractivity contribution >= 4 is 33.8 Å². The number of benzene rings is 1. The molecule has 7 heteroatoms. The molecule has 0 saturated carbocycles. The van der Waals surface area contributed by atoms with Crippen molar-refractivity contribution in [2.24, 2.45) is 0 Å². The van der Waals surface area contributed by atoms with E-state index < -0.39 is 11.7 Å². The molecule has 0 radical (unpaired) electrons. The maximum Gasteiger partial charge on any atom is 0.416 e. The van der Waals surface area contributed by atoms with E-state index in [1.165, 1.54) is 23.5 Å². The molecule has 2 aromatic rings. The Bertz CT molecular complexity index is 507. The fraction of sp³-hybridized carbons (Fsp3) is 0.100. The van der Waals surface area contributed by atoms with Gasteiger partial charge < -0.3 is 5.32 Å². The van der Waals surface area contributed by atoms with E-state index in [1.807, 2.05) is 0 Å². The summed E-state index contributed by atoms with van der Waals surface area (Å²) in [6.07, 6.45) is -4.32. The average Bonchev–Trinajstić information content (AvgIpc) is 2.63. The molecule has 17 heavy (non-hydrogen) atoms. The van der Waals surface area contributed by atoms with Crippen molar-refractivity contribution in [3.8, 4) is 0 Å². The summed E-state index contributed by atoms with van der Waals surface area (Å²) in [6.45, 7) is 0. The molecule has 0 bridgehead atoms. The van der Waals surface area contributed by atoms with Crippen LogP contribution in [0.4, 0.5) is 24.0 Å². The number of thiazole rings is 1. The van der Waals surface area contributed by atoms with Crippen LogP contribution < -0.4 is 5.32 Å². The second kappa shape index (κ2) is 4.54. The highest BCUT2D eigenvalue weighted by atomic mass is 35.5. The van der Waals surface area contributed by atoms with Crippen molar-refractivity contribution in [3.63, 3.8) is 0 Å². The smallest absolute Gasteiger partial charge is 0.332 e. The Balaban J connectivity index is 2.13. The van der Waals surface area contributed by atoms with E-state index in [4.69, 9.17) is 11.6 Å². The number of nitrogens with zero attached hydrogens (tertiary/aromatic N) is 1. The number of rotatable bonds is 2. The Hall–Kier alpha value is -1.27. The van der Waals surface area contributed by atoms with Gasteiger partial charge in [0.2, 0.25) is 0 Å². The van der Waals surface area contributed by atoms with E-state index in [0.717, 1.165) is 12.1 Å². The molecule has 1 aromatic heterocycles. The second-order valence-electron chi connectivity index (χ2n) is 3.18. The molecule has 0 aliphatic rings. The standard InChI is InChI=1S/C10H6ClF3N2S/c11-8-5-17-9(16-8)15-7-3-1-6(2-4-7)10(12,13)14/h1-5H,(H,15,16). The van der Waals surface area contributed by atoms with Crippen molar-refractivity contribution in [1.29, 1.82) is 0 Å². The predicted molar refractivity (Wildman–Crippen MR) is 61.9 cm³/mol. The molecule has 0 aliphatic carbocycles. The number of hydrogen-bond donors (Lipinski definition) is 1. The fourth-order valence-corrected chi connectivity index (χ4v) is 2.04. The molecular formula is C10H6ClF3N2S. The first-order valence-corrected chi connectivity index (χ1v) is 5.76. The van der Waals surface area contributed by atoms with E-state index in [9.17, 15) is 13.2 Å². The van der Waals surface area contributed by atoms with E-state index in [-0.39, 0.29) is 0 Å². The third kappa shape index (κ3) is 3.10. The molecule has 0 aliphatic heterocycles. The van der Waals surface area contributed by atoms with Gasteiger partial charge in [0.15, 0.2) is 5.13 Å². The number of alkyl halides is 3. The highest BCUT2D eigenvalue weighted by molar-refractivity contribution is 7.14. The van der Waals surface area contributed by atoms with Crippen LogP contribution in [0.25, 0.3) is 0 Å². The van der Waals surface area contributed by atoms with Crippen molar-refractivity contribution < 1.29 is 13.2 Å². The van der Waals surface area contributed by atoms with Gasteiger partial charge in [-0.2, -0.15) is 13.2 Å². The summed E-state index contributed by atoms with van der Waals surface area (Å²) >= 11 is 6.90. The minimum Gasteiger partial charge on any atom is -0.332 e. The second-order valence-corrected chi connectivity index (χ2v) is 4.42. The van der Waals surface area contributed by atoms with Gasteiger partial charge in [-0.15, -0.1) is 11.3 Å². The first-order chi connectivity index (χ1) is 7.95. The molecule has 0 fully saturated rings. The van der Waals surface area contributed by atoms with Crippen molar-refractivity contribution in [1.82, 2.24) is 4.98 Å². The first kappa shape index (κ1) is 12.2. The lowest BCUT2D eigenvalue weighted by Crippen LogP contribution is -2.04. The molecule has 1 aromatic carbocycles. The Morgan fingerprint density at radius 1 is 1.18 bits per heavy atom.